The molecule has 4 heteroatoms. The lowest BCUT2D eigenvalue weighted by molar-refractivity contribution is 0.0982. The van der Waals surface area contributed by atoms with Gasteiger partial charge in [0.15, 0.2) is 5.78 Å². The zero-order valence-corrected chi connectivity index (χ0v) is 14.6. The van der Waals surface area contributed by atoms with Gasteiger partial charge in [0.05, 0.1) is 14.7 Å². The summed E-state index contributed by atoms with van der Waals surface area (Å²) in [5.74, 6) is -0.434. The highest BCUT2D eigenvalue weighted by molar-refractivity contribution is 9.11. The zero-order valence-electron chi connectivity index (χ0n) is 12.2. The van der Waals surface area contributed by atoms with Crippen LogP contribution in [-0.2, 0) is 0 Å². The Morgan fingerprint density at radius 2 is 1.81 bits per heavy atom. The van der Waals surface area contributed by atoms with Crippen molar-refractivity contribution in [1.82, 2.24) is 0 Å². The van der Waals surface area contributed by atoms with E-state index >= 15 is 0 Å². The molecule has 0 aliphatic rings. The molecule has 0 radical (unpaired) electrons. The quantitative estimate of drug-likeness (QED) is 0.680. The fourth-order valence-electron chi connectivity index (χ4n) is 2.08. The van der Waals surface area contributed by atoms with Crippen LogP contribution in [0.2, 0.25) is 0 Å². The molecule has 1 aromatic carbocycles. The third kappa shape index (κ3) is 3.42. The van der Waals surface area contributed by atoms with Gasteiger partial charge in [-0.3, -0.25) is 4.79 Å². The van der Waals surface area contributed by atoms with Crippen LogP contribution in [0.5, 0.6) is 0 Å². The summed E-state index contributed by atoms with van der Waals surface area (Å²) in [6.45, 7) is 6.18. The average Bonchev–Trinajstić information content (AvgIpc) is 2.80. The van der Waals surface area contributed by atoms with Crippen LogP contribution < -0.4 is 0 Å². The highest BCUT2D eigenvalue weighted by Gasteiger charge is 2.24. The summed E-state index contributed by atoms with van der Waals surface area (Å²) in [4.78, 5) is 13.2. The number of rotatable bonds is 4. The van der Waals surface area contributed by atoms with E-state index in [9.17, 15) is 10.1 Å². The first kappa shape index (κ1) is 15.9. The van der Waals surface area contributed by atoms with Crippen molar-refractivity contribution in [3.63, 3.8) is 0 Å². The summed E-state index contributed by atoms with van der Waals surface area (Å²) in [5.41, 5.74) is 2.99. The molecule has 0 fully saturated rings. The molecule has 0 spiro atoms. The monoisotopic (exact) mass is 361 g/mol. The summed E-state index contributed by atoms with van der Waals surface area (Å²) < 4.78 is 0.942. The minimum Gasteiger partial charge on any atom is -0.291 e. The first-order valence-corrected chi connectivity index (χ1v) is 8.34. The number of hydrogen-bond acceptors (Lipinski definition) is 3. The lowest BCUT2D eigenvalue weighted by Gasteiger charge is -2.10. The van der Waals surface area contributed by atoms with Crippen molar-refractivity contribution in [2.24, 2.45) is 0 Å². The maximum absolute atomic E-state index is 12.5. The van der Waals surface area contributed by atoms with Crippen LogP contribution in [0.15, 0.2) is 34.1 Å². The molecule has 0 aliphatic carbocycles. The van der Waals surface area contributed by atoms with Crippen LogP contribution in [0.1, 0.15) is 52.0 Å². The number of hydrogen-bond donors (Lipinski definition) is 0. The van der Waals surface area contributed by atoms with Gasteiger partial charge in [-0.25, -0.2) is 0 Å². The lowest BCUT2D eigenvalue weighted by Crippen LogP contribution is -2.10. The topological polar surface area (TPSA) is 40.9 Å². The predicted molar refractivity (Wildman–Crippen MR) is 90.0 cm³/mol. The van der Waals surface area contributed by atoms with Crippen molar-refractivity contribution < 1.29 is 4.79 Å². The van der Waals surface area contributed by atoms with E-state index in [1.807, 2.05) is 37.3 Å². The number of thiophene rings is 1. The van der Waals surface area contributed by atoms with Crippen LogP contribution in [0, 0.1) is 18.3 Å². The van der Waals surface area contributed by atoms with E-state index in [-0.39, 0.29) is 5.78 Å². The van der Waals surface area contributed by atoms with Gasteiger partial charge in [0.2, 0.25) is 0 Å². The second-order valence-electron chi connectivity index (χ2n) is 5.32. The largest absolute Gasteiger partial charge is 0.291 e. The Bertz CT molecular complexity index is 675. The number of carbonyl (C=O) groups is 1. The SMILES string of the molecule is Cc1cc(C(=O)C(C#N)c2ccc(C(C)C)cc2)sc1Br. The lowest BCUT2D eigenvalue weighted by atomic mass is 9.92. The second-order valence-corrected chi connectivity index (χ2v) is 7.69. The molecule has 0 bridgehead atoms. The standard InChI is InChI=1S/C17H16BrNOS/c1-10(2)12-4-6-13(7-5-12)14(9-19)16(20)15-8-11(3)17(18)21-15/h4-8,10,14H,1-3H3. The number of carbonyl (C=O) groups excluding carboxylic acids is 1. The van der Waals surface area contributed by atoms with Gasteiger partial charge < -0.3 is 0 Å². The van der Waals surface area contributed by atoms with E-state index in [1.165, 1.54) is 16.9 Å². The molecule has 0 saturated carbocycles. The van der Waals surface area contributed by atoms with Gasteiger partial charge in [-0.2, -0.15) is 5.26 Å². The van der Waals surface area contributed by atoms with Crippen LogP contribution in [0.3, 0.4) is 0 Å². The van der Waals surface area contributed by atoms with E-state index in [1.54, 1.807) is 0 Å². The summed E-state index contributed by atoms with van der Waals surface area (Å²) in [6, 6.07) is 11.7. The van der Waals surface area contributed by atoms with Crippen LogP contribution >= 0.6 is 27.3 Å². The fraction of sp³-hybridized carbons (Fsp3) is 0.294. The van der Waals surface area contributed by atoms with Crippen LogP contribution in [0.25, 0.3) is 0 Å². The molecule has 0 N–H and O–H groups in total. The third-order valence-corrected chi connectivity index (χ3v) is 5.58. The van der Waals surface area contributed by atoms with Crippen molar-refractivity contribution in [2.45, 2.75) is 32.6 Å². The van der Waals surface area contributed by atoms with Crippen LogP contribution in [0.4, 0.5) is 0 Å². The number of ketones is 1. The van der Waals surface area contributed by atoms with Gasteiger partial charge in [0.1, 0.15) is 5.92 Å². The molecule has 2 rings (SSSR count). The molecular weight excluding hydrogens is 346 g/mol. The molecule has 1 unspecified atom stereocenters. The summed E-state index contributed by atoms with van der Waals surface area (Å²) in [5, 5.41) is 9.39. The normalized spacial score (nSPS) is 12.2. The number of aryl methyl sites for hydroxylation is 1. The molecule has 21 heavy (non-hydrogen) atoms. The van der Waals surface area contributed by atoms with Gasteiger partial charge in [-0.1, -0.05) is 38.1 Å². The van der Waals surface area contributed by atoms with E-state index in [0.717, 1.165) is 14.9 Å². The highest BCUT2D eigenvalue weighted by Crippen LogP contribution is 2.31. The van der Waals surface area contributed by atoms with Crippen molar-refractivity contribution in [3.05, 3.63) is 55.7 Å². The fourth-order valence-corrected chi connectivity index (χ4v) is 3.59. The predicted octanol–water partition coefficient (Wildman–Crippen LogP) is 5.43. The van der Waals surface area contributed by atoms with Gasteiger partial charge in [-0.15, -0.1) is 11.3 Å². The van der Waals surface area contributed by atoms with Crippen LogP contribution in [-0.4, -0.2) is 5.78 Å². The molecule has 1 aromatic heterocycles. The molecular formula is C17H16BrNOS. The van der Waals surface area contributed by atoms with Gasteiger partial charge in [0.25, 0.3) is 0 Å². The van der Waals surface area contributed by atoms with Crippen molar-refractivity contribution in [2.75, 3.05) is 0 Å². The van der Waals surface area contributed by atoms with E-state index < -0.39 is 5.92 Å². The molecule has 0 aliphatic heterocycles. The average molecular weight is 362 g/mol. The molecule has 0 saturated heterocycles. The molecule has 1 heterocycles. The summed E-state index contributed by atoms with van der Waals surface area (Å²) >= 11 is 4.81. The first-order chi connectivity index (χ1) is 9.93. The van der Waals surface area contributed by atoms with Gasteiger partial charge in [-0.05, 0) is 51.5 Å². The third-order valence-electron chi connectivity index (χ3n) is 3.43. The maximum Gasteiger partial charge on any atom is 0.194 e. The molecule has 2 nitrogen and oxygen atoms in total. The van der Waals surface area contributed by atoms with Crippen molar-refractivity contribution >= 4 is 33.0 Å². The molecule has 2 aromatic rings. The number of nitriles is 1. The number of Topliss-reactive ketones (excluding diaryl/α,β-unsaturated/α-hetero) is 1. The van der Waals surface area contributed by atoms with E-state index in [0.29, 0.717) is 10.8 Å². The van der Waals surface area contributed by atoms with Gasteiger partial charge >= 0.3 is 0 Å². The van der Waals surface area contributed by atoms with E-state index in [2.05, 4.69) is 35.8 Å². The zero-order chi connectivity index (χ0) is 15.6. The number of benzene rings is 1. The summed E-state index contributed by atoms with van der Waals surface area (Å²) in [7, 11) is 0. The number of nitrogens with zero attached hydrogens (tertiary/aromatic N) is 1. The highest BCUT2D eigenvalue weighted by atomic mass is 79.9. The minimum absolute atomic E-state index is 0.131. The second kappa shape index (κ2) is 6.55. The summed E-state index contributed by atoms with van der Waals surface area (Å²) in [6.07, 6.45) is 0. The van der Waals surface area contributed by atoms with Gasteiger partial charge in [0, 0.05) is 0 Å². The van der Waals surface area contributed by atoms with Crippen molar-refractivity contribution in [3.8, 4) is 6.07 Å². The maximum atomic E-state index is 12.5. The van der Waals surface area contributed by atoms with E-state index in [4.69, 9.17) is 0 Å². The Labute approximate surface area is 137 Å². The Kier molecular flexibility index (Phi) is 4.97. The Morgan fingerprint density at radius 3 is 2.24 bits per heavy atom. The molecule has 108 valence electrons. The van der Waals surface area contributed by atoms with Crippen molar-refractivity contribution in [1.29, 1.82) is 5.26 Å². The Hall–Kier alpha value is -1.44. The Morgan fingerprint density at radius 1 is 1.24 bits per heavy atom. The number of halogens is 1. The molecule has 1 atom stereocenters. The minimum atomic E-state index is -0.740. The smallest absolute Gasteiger partial charge is 0.194 e. The molecule has 0 amide bonds. The Balaban J connectivity index is 2.31. The first-order valence-electron chi connectivity index (χ1n) is 6.73.